The van der Waals surface area contributed by atoms with Crippen LogP contribution in [0.1, 0.15) is 15.4 Å². The molecule has 9 heteroatoms. The van der Waals surface area contributed by atoms with Crippen molar-refractivity contribution < 1.29 is 17.7 Å². The Kier molecular flexibility index (Phi) is 5.61. The lowest BCUT2D eigenvalue weighted by Gasteiger charge is -2.35. The topological polar surface area (TPSA) is 75.9 Å². The molecule has 0 amide bonds. The van der Waals surface area contributed by atoms with Crippen LogP contribution in [-0.4, -0.2) is 51.2 Å². The first-order chi connectivity index (χ1) is 14.3. The fourth-order valence-electron chi connectivity index (χ4n) is 3.86. The predicted molar refractivity (Wildman–Crippen MR) is 118 cm³/mol. The van der Waals surface area contributed by atoms with Gasteiger partial charge in [-0.1, -0.05) is 11.2 Å². The van der Waals surface area contributed by atoms with Gasteiger partial charge in [0, 0.05) is 53.8 Å². The Balaban J connectivity index is 1.60. The summed E-state index contributed by atoms with van der Waals surface area (Å²) in [5.74, 6) is 1.29. The van der Waals surface area contributed by atoms with Crippen LogP contribution in [0.2, 0.25) is 0 Å². The average Bonchev–Trinajstić information content (AvgIpc) is 3.30. The van der Waals surface area contributed by atoms with E-state index < -0.39 is 10.0 Å². The molecule has 160 valence electrons. The van der Waals surface area contributed by atoms with Crippen LogP contribution in [0.25, 0.3) is 11.3 Å². The van der Waals surface area contributed by atoms with Gasteiger partial charge in [0.25, 0.3) is 0 Å². The Hall–Kier alpha value is -2.36. The second-order valence-electron chi connectivity index (χ2n) is 7.34. The highest BCUT2D eigenvalue weighted by molar-refractivity contribution is 7.89. The molecule has 0 unspecified atom stereocenters. The molecule has 1 aliphatic heterocycles. The lowest BCUT2D eigenvalue weighted by Crippen LogP contribution is -2.48. The van der Waals surface area contributed by atoms with Crippen molar-refractivity contribution in [2.24, 2.45) is 0 Å². The minimum Gasteiger partial charge on any atom is -0.497 e. The van der Waals surface area contributed by atoms with Gasteiger partial charge in [0.2, 0.25) is 10.0 Å². The maximum absolute atomic E-state index is 13.6. The first-order valence-electron chi connectivity index (χ1n) is 9.74. The average molecular weight is 448 g/mol. The highest BCUT2D eigenvalue weighted by atomic mass is 32.2. The van der Waals surface area contributed by atoms with Crippen LogP contribution in [0.15, 0.2) is 39.8 Å². The molecule has 3 aromatic rings. The summed E-state index contributed by atoms with van der Waals surface area (Å²) in [5.41, 5.74) is 2.39. The number of thiophene rings is 1. The Morgan fingerprint density at radius 2 is 1.80 bits per heavy atom. The summed E-state index contributed by atoms with van der Waals surface area (Å²) in [6.45, 7) is 7.67. The fourth-order valence-corrected chi connectivity index (χ4v) is 7.10. The van der Waals surface area contributed by atoms with Gasteiger partial charge >= 0.3 is 0 Å². The highest BCUT2D eigenvalue weighted by Gasteiger charge is 2.35. The van der Waals surface area contributed by atoms with E-state index in [1.807, 2.05) is 45.0 Å². The molecule has 0 N–H and O–H groups in total. The summed E-state index contributed by atoms with van der Waals surface area (Å²) in [4.78, 5) is 4.21. The van der Waals surface area contributed by atoms with E-state index in [0.717, 1.165) is 26.9 Å². The Morgan fingerprint density at radius 3 is 2.43 bits per heavy atom. The Morgan fingerprint density at radius 1 is 1.07 bits per heavy atom. The summed E-state index contributed by atoms with van der Waals surface area (Å²) in [6, 6.07) is 9.62. The lowest BCUT2D eigenvalue weighted by atomic mass is 10.2. The van der Waals surface area contributed by atoms with E-state index in [0.29, 0.717) is 42.4 Å². The molecule has 7 nitrogen and oxygen atoms in total. The first-order valence-corrected chi connectivity index (χ1v) is 12.0. The van der Waals surface area contributed by atoms with Gasteiger partial charge in [0.05, 0.1) is 18.4 Å². The van der Waals surface area contributed by atoms with Crippen LogP contribution in [0.5, 0.6) is 5.75 Å². The van der Waals surface area contributed by atoms with E-state index in [1.165, 1.54) is 11.3 Å². The molecule has 4 rings (SSSR count). The van der Waals surface area contributed by atoms with Crippen LogP contribution in [0, 0.1) is 20.8 Å². The number of benzene rings is 1. The molecule has 3 heterocycles. The zero-order valence-electron chi connectivity index (χ0n) is 17.5. The van der Waals surface area contributed by atoms with Gasteiger partial charge in [-0.3, -0.25) is 0 Å². The van der Waals surface area contributed by atoms with E-state index in [1.54, 1.807) is 17.5 Å². The van der Waals surface area contributed by atoms with Crippen LogP contribution in [0.3, 0.4) is 0 Å². The number of methoxy groups -OCH3 is 1. The molecule has 0 bridgehead atoms. The minimum atomic E-state index is -3.66. The summed E-state index contributed by atoms with van der Waals surface area (Å²) >= 11 is 1.47. The third kappa shape index (κ3) is 3.73. The van der Waals surface area contributed by atoms with Gasteiger partial charge < -0.3 is 14.2 Å². The smallest absolute Gasteiger partial charge is 0.245 e. The molecule has 0 radical (unpaired) electrons. The van der Waals surface area contributed by atoms with Crippen LogP contribution in [-0.2, 0) is 10.0 Å². The number of hydrogen-bond acceptors (Lipinski definition) is 7. The molecule has 1 fully saturated rings. The predicted octanol–water partition coefficient (Wildman–Crippen LogP) is 3.85. The number of anilines is 1. The largest absolute Gasteiger partial charge is 0.497 e. The van der Waals surface area contributed by atoms with Gasteiger partial charge in [-0.2, -0.15) is 4.31 Å². The Bertz CT molecular complexity index is 1160. The van der Waals surface area contributed by atoms with Gasteiger partial charge in [0.15, 0.2) is 5.76 Å². The maximum atomic E-state index is 13.6. The molecule has 1 aromatic carbocycles. The van der Waals surface area contributed by atoms with Crippen molar-refractivity contribution in [2.45, 2.75) is 25.7 Å². The molecule has 1 saturated heterocycles. The van der Waals surface area contributed by atoms with Gasteiger partial charge in [-0.25, -0.2) is 8.42 Å². The van der Waals surface area contributed by atoms with Crippen LogP contribution >= 0.6 is 11.3 Å². The van der Waals surface area contributed by atoms with Crippen molar-refractivity contribution in [3.8, 4) is 17.1 Å². The monoisotopic (exact) mass is 447 g/mol. The van der Waals surface area contributed by atoms with Crippen molar-refractivity contribution in [1.82, 2.24) is 9.46 Å². The molecule has 0 spiro atoms. The van der Waals surface area contributed by atoms with E-state index in [2.05, 4.69) is 10.1 Å². The zero-order valence-corrected chi connectivity index (χ0v) is 19.1. The number of hydrogen-bond donors (Lipinski definition) is 0. The summed E-state index contributed by atoms with van der Waals surface area (Å²) in [5, 5.41) is 3.94. The quantitative estimate of drug-likeness (QED) is 0.591. The molecule has 0 atom stereocenters. The summed E-state index contributed by atoms with van der Waals surface area (Å²) in [7, 11) is -2.01. The van der Waals surface area contributed by atoms with E-state index >= 15 is 0 Å². The SMILES string of the molecule is COc1cccc(N2CCN(S(=O)(=O)c3c(C)sc(C)c3-c3cc(C)no3)CC2)c1. The number of sulfonamides is 1. The van der Waals surface area contributed by atoms with Crippen LogP contribution < -0.4 is 9.64 Å². The van der Waals surface area contributed by atoms with Crippen molar-refractivity contribution >= 4 is 27.0 Å². The van der Waals surface area contributed by atoms with Crippen LogP contribution in [0.4, 0.5) is 5.69 Å². The van der Waals surface area contributed by atoms with E-state index in [4.69, 9.17) is 9.26 Å². The standard InChI is InChI=1S/C21H25N3O4S2/c1-14-12-19(28-22-14)20-15(2)29-16(3)21(20)30(25,26)24-10-8-23(9-11-24)17-6-5-7-18(13-17)27-4/h5-7,12-13H,8-11H2,1-4H3. The van der Waals surface area contributed by atoms with Crippen molar-refractivity contribution in [2.75, 3.05) is 38.2 Å². The molecular formula is C21H25N3O4S2. The molecule has 1 aliphatic rings. The first kappa shape index (κ1) is 20.9. The number of aromatic nitrogens is 1. The number of nitrogens with zero attached hydrogens (tertiary/aromatic N) is 3. The highest BCUT2D eigenvalue weighted by Crippen LogP contribution is 2.40. The summed E-state index contributed by atoms with van der Waals surface area (Å²) < 4.78 is 39.5. The van der Waals surface area contributed by atoms with Crippen molar-refractivity contribution in [1.29, 1.82) is 0 Å². The molecule has 2 aromatic heterocycles. The van der Waals surface area contributed by atoms with Crippen molar-refractivity contribution in [3.63, 3.8) is 0 Å². The van der Waals surface area contributed by atoms with Gasteiger partial charge in [0.1, 0.15) is 10.6 Å². The molecule has 30 heavy (non-hydrogen) atoms. The normalized spacial score (nSPS) is 15.5. The molecular weight excluding hydrogens is 422 g/mol. The lowest BCUT2D eigenvalue weighted by molar-refractivity contribution is 0.383. The number of rotatable bonds is 5. The number of piperazine rings is 1. The second-order valence-corrected chi connectivity index (χ2v) is 10.6. The molecule has 0 saturated carbocycles. The van der Waals surface area contributed by atoms with Crippen molar-refractivity contribution in [3.05, 3.63) is 45.8 Å². The fraction of sp³-hybridized carbons (Fsp3) is 0.381. The van der Waals surface area contributed by atoms with E-state index in [9.17, 15) is 8.42 Å². The van der Waals surface area contributed by atoms with E-state index in [-0.39, 0.29) is 0 Å². The minimum absolute atomic E-state index is 0.344. The number of aryl methyl sites for hydroxylation is 3. The number of ether oxygens (including phenoxy) is 1. The summed E-state index contributed by atoms with van der Waals surface area (Å²) in [6.07, 6.45) is 0. The zero-order chi connectivity index (χ0) is 21.5. The molecule has 0 aliphatic carbocycles. The van der Waals surface area contributed by atoms with Gasteiger partial charge in [-0.15, -0.1) is 11.3 Å². The maximum Gasteiger partial charge on any atom is 0.245 e. The third-order valence-corrected chi connectivity index (χ3v) is 8.56. The van der Waals surface area contributed by atoms with Gasteiger partial charge in [-0.05, 0) is 32.9 Å². The third-order valence-electron chi connectivity index (χ3n) is 5.33. The second kappa shape index (κ2) is 8.05. The Labute approximate surface area is 180 Å².